The average Bonchev–Trinajstić information content (AvgIpc) is 2.81. The molecule has 3 rings (SSSR count). The number of ether oxygens (including phenoxy) is 2. The van der Waals surface area contributed by atoms with Crippen LogP contribution in [0.4, 0.5) is 0 Å². The summed E-state index contributed by atoms with van der Waals surface area (Å²) >= 11 is 0. The number of hydrogen-bond donors (Lipinski definition) is 0. The standard InChI is InChI=1S/C26H43N3O5S/c1-20(2)28-11-7-26(8-12-28)9-13-29(14-10-26)24(30)19-34-16-15-27(5)35(31,32)25-21(3)17-23(33-6)18-22(25)4/h17-18,20H,7-16,19H2,1-6H3. The number of likely N-dealkylation sites (tertiary alicyclic amines) is 2. The Morgan fingerprint density at radius 3 is 2.11 bits per heavy atom. The Morgan fingerprint density at radius 1 is 1.06 bits per heavy atom. The molecule has 0 N–H and O–H groups in total. The van der Waals surface area contributed by atoms with Crippen molar-refractivity contribution in [3.05, 3.63) is 23.3 Å². The molecule has 0 aliphatic carbocycles. The molecule has 198 valence electrons. The molecule has 2 saturated heterocycles. The van der Waals surface area contributed by atoms with E-state index in [0.29, 0.717) is 33.2 Å². The second kappa shape index (κ2) is 11.6. The highest BCUT2D eigenvalue weighted by Crippen LogP contribution is 2.41. The minimum Gasteiger partial charge on any atom is -0.497 e. The molecule has 2 heterocycles. The van der Waals surface area contributed by atoms with Crippen molar-refractivity contribution in [1.29, 1.82) is 0 Å². The van der Waals surface area contributed by atoms with Crippen LogP contribution in [0.5, 0.6) is 5.75 Å². The normalized spacial score (nSPS) is 19.0. The maximum absolute atomic E-state index is 13.1. The van der Waals surface area contributed by atoms with Gasteiger partial charge >= 0.3 is 0 Å². The molecule has 2 aliphatic heterocycles. The van der Waals surface area contributed by atoms with Gasteiger partial charge in [0.1, 0.15) is 12.4 Å². The number of nitrogens with zero attached hydrogens (tertiary/aromatic N) is 3. The summed E-state index contributed by atoms with van der Waals surface area (Å²) in [5.41, 5.74) is 1.67. The van der Waals surface area contributed by atoms with Crippen LogP contribution in [-0.2, 0) is 19.6 Å². The Labute approximate surface area is 211 Å². The number of rotatable bonds is 9. The van der Waals surface area contributed by atoms with Crippen molar-refractivity contribution in [2.24, 2.45) is 5.41 Å². The van der Waals surface area contributed by atoms with Gasteiger partial charge in [-0.15, -0.1) is 0 Å². The number of amides is 1. The Morgan fingerprint density at radius 2 is 1.60 bits per heavy atom. The highest BCUT2D eigenvalue weighted by molar-refractivity contribution is 7.89. The lowest BCUT2D eigenvalue weighted by molar-refractivity contribution is -0.139. The van der Waals surface area contributed by atoms with Gasteiger partial charge in [0.05, 0.1) is 18.6 Å². The molecule has 0 radical (unpaired) electrons. The van der Waals surface area contributed by atoms with Crippen molar-refractivity contribution in [2.45, 2.75) is 64.3 Å². The molecule has 0 atom stereocenters. The zero-order chi connectivity index (χ0) is 25.8. The maximum Gasteiger partial charge on any atom is 0.248 e. The molecule has 1 spiro atoms. The fourth-order valence-electron chi connectivity index (χ4n) is 5.40. The van der Waals surface area contributed by atoms with Gasteiger partial charge in [-0.25, -0.2) is 8.42 Å². The van der Waals surface area contributed by atoms with Gasteiger partial charge in [-0.2, -0.15) is 4.31 Å². The average molecular weight is 510 g/mol. The molecule has 2 aliphatic rings. The van der Waals surface area contributed by atoms with Crippen LogP contribution in [0.25, 0.3) is 0 Å². The van der Waals surface area contributed by atoms with E-state index in [1.54, 1.807) is 33.1 Å². The van der Waals surface area contributed by atoms with E-state index < -0.39 is 10.0 Å². The smallest absolute Gasteiger partial charge is 0.248 e. The first kappa shape index (κ1) is 27.9. The van der Waals surface area contributed by atoms with E-state index in [9.17, 15) is 13.2 Å². The molecule has 8 nitrogen and oxygen atoms in total. The number of benzene rings is 1. The molecule has 2 fully saturated rings. The topological polar surface area (TPSA) is 79.4 Å². The first-order chi connectivity index (χ1) is 16.5. The summed E-state index contributed by atoms with van der Waals surface area (Å²) in [7, 11) is -0.572. The minimum atomic E-state index is -3.67. The molecule has 1 amide bonds. The number of carbonyl (C=O) groups excluding carboxylic acids is 1. The van der Waals surface area contributed by atoms with Crippen LogP contribution in [-0.4, -0.2) is 94.6 Å². The molecular weight excluding hydrogens is 466 g/mol. The van der Waals surface area contributed by atoms with Crippen LogP contribution in [0.3, 0.4) is 0 Å². The van der Waals surface area contributed by atoms with Crippen LogP contribution in [0.2, 0.25) is 0 Å². The van der Waals surface area contributed by atoms with Crippen molar-refractivity contribution < 1.29 is 22.7 Å². The van der Waals surface area contributed by atoms with E-state index in [2.05, 4.69) is 18.7 Å². The molecular formula is C26H43N3O5S. The fraction of sp³-hybridized carbons (Fsp3) is 0.731. The summed E-state index contributed by atoms with van der Waals surface area (Å²) in [6.45, 7) is 12.3. The van der Waals surface area contributed by atoms with Crippen LogP contribution in [0.1, 0.15) is 50.7 Å². The van der Waals surface area contributed by atoms with Gasteiger partial charge in [-0.3, -0.25) is 4.79 Å². The molecule has 35 heavy (non-hydrogen) atoms. The Bertz CT molecular complexity index is 954. The number of carbonyl (C=O) groups is 1. The number of piperidine rings is 2. The van der Waals surface area contributed by atoms with E-state index in [0.717, 1.165) is 39.0 Å². The molecule has 1 aromatic carbocycles. The summed E-state index contributed by atoms with van der Waals surface area (Å²) in [6.07, 6.45) is 4.56. The monoisotopic (exact) mass is 509 g/mol. The highest BCUT2D eigenvalue weighted by Gasteiger charge is 2.38. The van der Waals surface area contributed by atoms with Crippen LogP contribution in [0.15, 0.2) is 17.0 Å². The third-order valence-electron chi connectivity index (χ3n) is 7.88. The molecule has 0 saturated carbocycles. The third kappa shape index (κ3) is 6.56. The molecule has 0 bridgehead atoms. The number of sulfonamides is 1. The zero-order valence-electron chi connectivity index (χ0n) is 22.3. The van der Waals surface area contributed by atoms with Gasteiger partial charge in [-0.05, 0) is 95.1 Å². The van der Waals surface area contributed by atoms with Crippen molar-refractivity contribution >= 4 is 15.9 Å². The molecule has 0 unspecified atom stereocenters. The first-order valence-electron chi connectivity index (χ1n) is 12.7. The lowest BCUT2D eigenvalue weighted by Crippen LogP contribution is -2.50. The van der Waals surface area contributed by atoms with Gasteiger partial charge in [0.15, 0.2) is 0 Å². The second-order valence-electron chi connectivity index (χ2n) is 10.5. The first-order valence-corrected chi connectivity index (χ1v) is 14.1. The molecule has 1 aromatic rings. The minimum absolute atomic E-state index is 0.00757. The van der Waals surface area contributed by atoms with E-state index in [-0.39, 0.29) is 25.7 Å². The van der Waals surface area contributed by atoms with Gasteiger partial charge in [0.2, 0.25) is 15.9 Å². The van der Waals surface area contributed by atoms with Gasteiger partial charge in [0, 0.05) is 32.7 Å². The van der Waals surface area contributed by atoms with E-state index >= 15 is 0 Å². The summed E-state index contributed by atoms with van der Waals surface area (Å²) in [5, 5.41) is 0. The van der Waals surface area contributed by atoms with Gasteiger partial charge in [-0.1, -0.05) is 0 Å². The summed E-state index contributed by atoms with van der Waals surface area (Å²) < 4.78 is 38.3. The Kier molecular flexibility index (Phi) is 9.23. The quantitative estimate of drug-likeness (QED) is 0.476. The lowest BCUT2D eigenvalue weighted by atomic mass is 9.71. The van der Waals surface area contributed by atoms with E-state index in [4.69, 9.17) is 9.47 Å². The largest absolute Gasteiger partial charge is 0.497 e. The second-order valence-corrected chi connectivity index (χ2v) is 12.5. The summed E-state index contributed by atoms with van der Waals surface area (Å²) in [5.74, 6) is 0.625. The number of hydrogen-bond acceptors (Lipinski definition) is 6. The van der Waals surface area contributed by atoms with Gasteiger partial charge in [0.25, 0.3) is 0 Å². The summed E-state index contributed by atoms with van der Waals surface area (Å²) in [6, 6.07) is 4.04. The summed E-state index contributed by atoms with van der Waals surface area (Å²) in [4.78, 5) is 17.4. The lowest BCUT2D eigenvalue weighted by Gasteiger charge is -2.47. The Hall–Kier alpha value is -1.68. The van der Waals surface area contributed by atoms with E-state index in [1.807, 2.05) is 4.90 Å². The zero-order valence-corrected chi connectivity index (χ0v) is 23.1. The van der Waals surface area contributed by atoms with Crippen molar-refractivity contribution in [3.8, 4) is 5.75 Å². The van der Waals surface area contributed by atoms with Crippen molar-refractivity contribution in [3.63, 3.8) is 0 Å². The van der Waals surface area contributed by atoms with Crippen LogP contribution >= 0.6 is 0 Å². The van der Waals surface area contributed by atoms with Crippen LogP contribution < -0.4 is 4.74 Å². The third-order valence-corrected chi connectivity index (χ3v) is 10.0. The maximum atomic E-state index is 13.1. The molecule has 0 aromatic heterocycles. The van der Waals surface area contributed by atoms with Crippen molar-refractivity contribution in [1.82, 2.24) is 14.1 Å². The number of likely N-dealkylation sites (N-methyl/N-ethyl adjacent to an activating group) is 1. The predicted molar refractivity (Wildman–Crippen MR) is 137 cm³/mol. The fourth-order valence-corrected chi connectivity index (χ4v) is 6.96. The van der Waals surface area contributed by atoms with Crippen molar-refractivity contribution in [2.75, 3.05) is 60.1 Å². The molecule has 9 heteroatoms. The van der Waals surface area contributed by atoms with Gasteiger partial charge < -0.3 is 19.3 Å². The number of methoxy groups -OCH3 is 1. The van der Waals surface area contributed by atoms with E-state index in [1.165, 1.54) is 24.2 Å². The SMILES string of the molecule is COc1cc(C)c(S(=O)(=O)N(C)CCOCC(=O)N2CCC3(CC2)CCN(C(C)C)CC3)c(C)c1. The Balaban J connectivity index is 1.43. The predicted octanol–water partition coefficient (Wildman–Crippen LogP) is 3.06. The van der Waals surface area contributed by atoms with Crippen LogP contribution in [0, 0.1) is 19.3 Å². The number of aryl methyl sites for hydroxylation is 2. The highest BCUT2D eigenvalue weighted by atomic mass is 32.2.